The molecule has 0 saturated carbocycles. The van der Waals surface area contributed by atoms with Gasteiger partial charge in [-0.15, -0.1) is 0 Å². The Morgan fingerprint density at radius 1 is 1.56 bits per heavy atom. The first-order valence-electron chi connectivity index (χ1n) is 5.43. The van der Waals surface area contributed by atoms with Crippen molar-refractivity contribution >= 4 is 21.6 Å². The van der Waals surface area contributed by atoms with Crippen LogP contribution in [-0.2, 0) is 0 Å². The van der Waals surface area contributed by atoms with E-state index in [2.05, 4.69) is 39.1 Å². The van der Waals surface area contributed by atoms with Gasteiger partial charge in [-0.25, -0.2) is 0 Å². The summed E-state index contributed by atoms with van der Waals surface area (Å²) in [7, 11) is 0. The van der Waals surface area contributed by atoms with Crippen molar-refractivity contribution in [3.8, 4) is 6.07 Å². The van der Waals surface area contributed by atoms with Gasteiger partial charge >= 0.3 is 0 Å². The molecule has 0 amide bonds. The maximum Gasteiger partial charge on any atom is 0.0992 e. The predicted molar refractivity (Wildman–Crippen MR) is 68.5 cm³/mol. The third kappa shape index (κ3) is 2.06. The molecule has 1 heterocycles. The summed E-state index contributed by atoms with van der Waals surface area (Å²) >= 11 is 3.54. The molecular formula is C12H14BrN3. The van der Waals surface area contributed by atoms with Crippen LogP contribution in [0.1, 0.15) is 12.5 Å². The van der Waals surface area contributed by atoms with Crippen LogP contribution in [0, 0.1) is 11.3 Å². The lowest BCUT2D eigenvalue weighted by molar-refractivity contribution is 0.417. The highest BCUT2D eigenvalue weighted by molar-refractivity contribution is 9.10. The average Bonchev–Trinajstić information content (AvgIpc) is 2.23. The normalized spacial score (nSPS) is 15.3. The van der Waals surface area contributed by atoms with Crippen LogP contribution >= 0.6 is 15.9 Å². The van der Waals surface area contributed by atoms with Crippen LogP contribution in [0.3, 0.4) is 0 Å². The van der Waals surface area contributed by atoms with E-state index >= 15 is 0 Å². The number of rotatable bonds is 3. The van der Waals surface area contributed by atoms with E-state index in [4.69, 9.17) is 5.26 Å². The van der Waals surface area contributed by atoms with Crippen molar-refractivity contribution in [2.75, 3.05) is 24.5 Å². The molecular weight excluding hydrogens is 266 g/mol. The Bertz CT molecular complexity index is 421. The van der Waals surface area contributed by atoms with Crippen LogP contribution < -0.4 is 10.2 Å². The minimum Gasteiger partial charge on any atom is -0.365 e. The van der Waals surface area contributed by atoms with Crippen LogP contribution in [0.2, 0.25) is 0 Å². The van der Waals surface area contributed by atoms with Crippen molar-refractivity contribution < 1.29 is 0 Å². The molecule has 2 rings (SSSR count). The highest BCUT2D eigenvalue weighted by atomic mass is 79.9. The van der Waals surface area contributed by atoms with Crippen molar-refractivity contribution in [3.63, 3.8) is 0 Å². The Hall–Kier alpha value is -1.05. The molecule has 1 aromatic carbocycles. The number of nitrogens with zero attached hydrogens (tertiary/aromatic N) is 2. The quantitative estimate of drug-likeness (QED) is 0.921. The monoisotopic (exact) mass is 279 g/mol. The first kappa shape index (κ1) is 11.4. The van der Waals surface area contributed by atoms with E-state index in [1.807, 2.05) is 18.2 Å². The van der Waals surface area contributed by atoms with E-state index in [1.165, 1.54) is 5.69 Å². The molecule has 0 unspecified atom stereocenters. The molecule has 16 heavy (non-hydrogen) atoms. The van der Waals surface area contributed by atoms with Gasteiger partial charge in [0.15, 0.2) is 0 Å². The number of likely N-dealkylation sites (N-methyl/N-ethyl adjacent to an activating group) is 1. The predicted octanol–water partition coefficient (Wildman–Crippen LogP) is 2.12. The summed E-state index contributed by atoms with van der Waals surface area (Å²) in [5.41, 5.74) is 1.87. The van der Waals surface area contributed by atoms with E-state index < -0.39 is 0 Å². The zero-order valence-corrected chi connectivity index (χ0v) is 10.8. The van der Waals surface area contributed by atoms with Crippen LogP contribution in [0.15, 0.2) is 22.7 Å². The fourth-order valence-electron chi connectivity index (χ4n) is 1.93. The highest BCUT2D eigenvalue weighted by Gasteiger charge is 2.24. The smallest absolute Gasteiger partial charge is 0.0992 e. The molecule has 0 atom stereocenters. The van der Waals surface area contributed by atoms with Crippen LogP contribution in [-0.4, -0.2) is 25.7 Å². The number of nitrogens with one attached hydrogen (secondary N) is 1. The van der Waals surface area contributed by atoms with Gasteiger partial charge in [0, 0.05) is 24.1 Å². The standard InChI is InChI=1S/C12H14BrN3/c1-2-16(10-7-15-8-10)12-4-3-9(6-14)5-11(12)13/h3-5,10,15H,2,7-8H2,1H3. The molecule has 3 nitrogen and oxygen atoms in total. The second-order valence-corrected chi connectivity index (χ2v) is 4.73. The molecule has 1 aliphatic heterocycles. The lowest BCUT2D eigenvalue weighted by Crippen LogP contribution is -2.57. The van der Waals surface area contributed by atoms with Gasteiger partial charge in [0.1, 0.15) is 0 Å². The third-order valence-corrected chi connectivity index (χ3v) is 3.56. The van der Waals surface area contributed by atoms with Gasteiger partial charge in [-0.3, -0.25) is 0 Å². The summed E-state index contributed by atoms with van der Waals surface area (Å²) < 4.78 is 1.00. The van der Waals surface area contributed by atoms with E-state index in [1.54, 1.807) is 0 Å². The summed E-state index contributed by atoms with van der Waals surface area (Å²) in [6.45, 7) is 5.22. The van der Waals surface area contributed by atoms with Gasteiger partial charge in [-0.2, -0.15) is 5.26 Å². The Balaban J connectivity index is 2.27. The van der Waals surface area contributed by atoms with Crippen molar-refractivity contribution in [3.05, 3.63) is 28.2 Å². The Morgan fingerprint density at radius 3 is 2.75 bits per heavy atom. The van der Waals surface area contributed by atoms with Gasteiger partial charge in [0.2, 0.25) is 0 Å². The zero-order valence-electron chi connectivity index (χ0n) is 9.20. The van der Waals surface area contributed by atoms with Crippen molar-refractivity contribution in [2.24, 2.45) is 0 Å². The summed E-state index contributed by atoms with van der Waals surface area (Å²) in [6.07, 6.45) is 0. The second kappa shape index (κ2) is 4.86. The SMILES string of the molecule is CCN(c1ccc(C#N)cc1Br)C1CNC1. The molecule has 1 aliphatic rings. The van der Waals surface area contributed by atoms with E-state index in [0.717, 1.165) is 24.1 Å². The fraction of sp³-hybridized carbons (Fsp3) is 0.417. The van der Waals surface area contributed by atoms with E-state index in [-0.39, 0.29) is 0 Å². The molecule has 84 valence electrons. The van der Waals surface area contributed by atoms with Crippen molar-refractivity contribution in [2.45, 2.75) is 13.0 Å². The first-order valence-corrected chi connectivity index (χ1v) is 6.22. The molecule has 1 aromatic rings. The minimum absolute atomic E-state index is 0.578. The van der Waals surface area contributed by atoms with Gasteiger partial charge < -0.3 is 10.2 Å². The molecule has 4 heteroatoms. The summed E-state index contributed by atoms with van der Waals surface area (Å²) in [4.78, 5) is 2.36. The average molecular weight is 280 g/mol. The summed E-state index contributed by atoms with van der Waals surface area (Å²) in [5.74, 6) is 0. The van der Waals surface area contributed by atoms with Crippen LogP contribution in [0.5, 0.6) is 0 Å². The van der Waals surface area contributed by atoms with Gasteiger partial charge in [0.25, 0.3) is 0 Å². The van der Waals surface area contributed by atoms with Gasteiger partial charge in [-0.1, -0.05) is 0 Å². The number of benzene rings is 1. The second-order valence-electron chi connectivity index (χ2n) is 3.88. The molecule has 1 fully saturated rings. The lowest BCUT2D eigenvalue weighted by Gasteiger charge is -2.39. The molecule has 0 spiro atoms. The summed E-state index contributed by atoms with van der Waals surface area (Å²) in [6, 6.07) is 8.49. The number of hydrogen-bond acceptors (Lipinski definition) is 3. The molecule has 0 aromatic heterocycles. The van der Waals surface area contributed by atoms with Crippen LogP contribution in [0.4, 0.5) is 5.69 Å². The zero-order chi connectivity index (χ0) is 11.5. The molecule has 1 saturated heterocycles. The Labute approximate surface area is 104 Å². The first-order chi connectivity index (χ1) is 7.76. The minimum atomic E-state index is 0.578. The molecule has 0 aliphatic carbocycles. The maximum atomic E-state index is 8.82. The maximum absolute atomic E-state index is 8.82. The van der Waals surface area contributed by atoms with Crippen molar-refractivity contribution in [1.82, 2.24) is 5.32 Å². The molecule has 0 radical (unpaired) electrons. The van der Waals surface area contributed by atoms with Crippen LogP contribution in [0.25, 0.3) is 0 Å². The molecule has 1 N–H and O–H groups in total. The molecule has 0 bridgehead atoms. The highest BCUT2D eigenvalue weighted by Crippen LogP contribution is 2.29. The Morgan fingerprint density at radius 2 is 2.31 bits per heavy atom. The van der Waals surface area contributed by atoms with E-state index in [0.29, 0.717) is 11.6 Å². The number of anilines is 1. The number of nitriles is 1. The Kier molecular flexibility index (Phi) is 3.47. The van der Waals surface area contributed by atoms with E-state index in [9.17, 15) is 0 Å². The topological polar surface area (TPSA) is 39.1 Å². The van der Waals surface area contributed by atoms with Gasteiger partial charge in [0.05, 0.1) is 23.4 Å². The third-order valence-electron chi connectivity index (χ3n) is 2.93. The largest absolute Gasteiger partial charge is 0.365 e. The van der Waals surface area contributed by atoms with Crippen molar-refractivity contribution in [1.29, 1.82) is 5.26 Å². The lowest BCUT2D eigenvalue weighted by atomic mass is 10.1. The number of halogens is 1. The van der Waals surface area contributed by atoms with Gasteiger partial charge in [-0.05, 0) is 41.1 Å². The summed E-state index contributed by atoms with van der Waals surface area (Å²) in [5, 5.41) is 12.1. The number of hydrogen-bond donors (Lipinski definition) is 1. The fourth-order valence-corrected chi connectivity index (χ4v) is 2.53.